The van der Waals surface area contributed by atoms with E-state index in [1.165, 1.54) is 11.3 Å². The Hall–Kier alpha value is -3.65. The minimum absolute atomic E-state index is 0.140. The van der Waals surface area contributed by atoms with E-state index in [-0.39, 0.29) is 12.5 Å². The molecule has 4 aromatic rings. The van der Waals surface area contributed by atoms with E-state index in [9.17, 15) is 4.79 Å². The van der Waals surface area contributed by atoms with Gasteiger partial charge in [-0.05, 0) is 48.0 Å². The van der Waals surface area contributed by atoms with Crippen LogP contribution in [0.5, 0.6) is 17.2 Å². The summed E-state index contributed by atoms with van der Waals surface area (Å²) in [5.74, 6) is 1.73. The third-order valence-electron chi connectivity index (χ3n) is 4.96. The van der Waals surface area contributed by atoms with E-state index in [0.29, 0.717) is 23.2 Å². The maximum atomic E-state index is 13.6. The molecular formula is C23H19N3O4S. The number of carbonyl (C=O) groups excluding carboxylic acids is 1. The van der Waals surface area contributed by atoms with Crippen molar-refractivity contribution < 1.29 is 19.0 Å². The lowest BCUT2D eigenvalue weighted by Crippen LogP contribution is -2.46. The number of ether oxygens (including phenoxy) is 3. The molecule has 0 saturated heterocycles. The molecule has 0 N–H and O–H groups in total. The SMILES string of the molecule is COc1ccc2nc(N(Cc3ccncc3)C(=O)C3COc4ccccc4O3)sc2c1. The number of rotatable bonds is 5. The summed E-state index contributed by atoms with van der Waals surface area (Å²) in [5.41, 5.74) is 1.75. The molecule has 2 aromatic carbocycles. The zero-order valence-electron chi connectivity index (χ0n) is 16.7. The van der Waals surface area contributed by atoms with Crippen LogP contribution in [0.3, 0.4) is 0 Å². The maximum absolute atomic E-state index is 13.6. The normalized spacial score (nSPS) is 14.9. The quantitative estimate of drug-likeness (QED) is 0.472. The molecule has 0 aliphatic carbocycles. The first-order chi connectivity index (χ1) is 15.2. The Morgan fingerprint density at radius 2 is 1.97 bits per heavy atom. The van der Waals surface area contributed by atoms with Crippen molar-refractivity contribution in [1.82, 2.24) is 9.97 Å². The van der Waals surface area contributed by atoms with E-state index < -0.39 is 6.10 Å². The first kappa shape index (κ1) is 19.3. The number of hydrogen-bond donors (Lipinski definition) is 0. The fourth-order valence-electron chi connectivity index (χ4n) is 3.36. The fraction of sp³-hybridized carbons (Fsp3) is 0.174. The second kappa shape index (κ2) is 8.23. The van der Waals surface area contributed by atoms with Crippen molar-refractivity contribution in [2.75, 3.05) is 18.6 Å². The summed E-state index contributed by atoms with van der Waals surface area (Å²) in [7, 11) is 1.63. The van der Waals surface area contributed by atoms with E-state index in [4.69, 9.17) is 19.2 Å². The highest BCUT2D eigenvalue weighted by Gasteiger charge is 2.33. The van der Waals surface area contributed by atoms with Crippen LogP contribution < -0.4 is 19.1 Å². The molecule has 1 aliphatic heterocycles. The zero-order chi connectivity index (χ0) is 21.2. The van der Waals surface area contributed by atoms with Gasteiger partial charge in [0.1, 0.15) is 12.4 Å². The van der Waals surface area contributed by atoms with E-state index in [1.807, 2.05) is 48.5 Å². The molecule has 0 fully saturated rings. The number of hydrogen-bond acceptors (Lipinski definition) is 7. The van der Waals surface area contributed by atoms with Crippen LogP contribution >= 0.6 is 11.3 Å². The van der Waals surface area contributed by atoms with Crippen LogP contribution in [0, 0.1) is 0 Å². The highest BCUT2D eigenvalue weighted by Crippen LogP contribution is 2.35. The van der Waals surface area contributed by atoms with Crippen molar-refractivity contribution in [2.24, 2.45) is 0 Å². The monoisotopic (exact) mass is 433 g/mol. The van der Waals surface area contributed by atoms with Gasteiger partial charge in [-0.25, -0.2) is 4.98 Å². The van der Waals surface area contributed by atoms with Crippen LogP contribution in [0.15, 0.2) is 67.0 Å². The zero-order valence-corrected chi connectivity index (χ0v) is 17.5. The molecule has 5 rings (SSSR count). The summed E-state index contributed by atoms with van der Waals surface area (Å²) >= 11 is 1.43. The number of nitrogens with zero attached hydrogens (tertiary/aromatic N) is 3. The number of aromatic nitrogens is 2. The molecule has 0 saturated carbocycles. The van der Waals surface area contributed by atoms with Crippen molar-refractivity contribution in [3.63, 3.8) is 0 Å². The summed E-state index contributed by atoms with van der Waals surface area (Å²) in [6.07, 6.45) is 2.65. The molecule has 0 bridgehead atoms. The fourth-order valence-corrected chi connectivity index (χ4v) is 4.36. The molecule has 8 heteroatoms. The summed E-state index contributed by atoms with van der Waals surface area (Å²) in [6.45, 7) is 0.487. The van der Waals surface area contributed by atoms with E-state index in [0.717, 1.165) is 21.5 Å². The molecule has 1 unspecified atom stereocenters. The highest BCUT2D eigenvalue weighted by atomic mass is 32.1. The van der Waals surface area contributed by atoms with Gasteiger partial charge in [0.15, 0.2) is 16.6 Å². The number of para-hydroxylation sites is 2. The van der Waals surface area contributed by atoms with Gasteiger partial charge in [-0.1, -0.05) is 23.5 Å². The Kier molecular flexibility index (Phi) is 5.13. The number of methoxy groups -OCH3 is 1. The van der Waals surface area contributed by atoms with Gasteiger partial charge < -0.3 is 14.2 Å². The van der Waals surface area contributed by atoms with Crippen LogP contribution in [-0.2, 0) is 11.3 Å². The summed E-state index contributed by atoms with van der Waals surface area (Å²) in [6, 6.07) is 16.8. The molecule has 2 aromatic heterocycles. The molecule has 0 spiro atoms. The van der Waals surface area contributed by atoms with Crippen molar-refractivity contribution >= 4 is 32.6 Å². The second-order valence-corrected chi connectivity index (χ2v) is 7.98. The van der Waals surface area contributed by atoms with Crippen molar-refractivity contribution in [2.45, 2.75) is 12.6 Å². The average Bonchev–Trinajstić information content (AvgIpc) is 3.25. The van der Waals surface area contributed by atoms with E-state index in [2.05, 4.69) is 4.98 Å². The van der Waals surface area contributed by atoms with E-state index in [1.54, 1.807) is 30.5 Å². The smallest absolute Gasteiger partial charge is 0.273 e. The molecule has 1 atom stereocenters. The van der Waals surface area contributed by atoms with Crippen LogP contribution in [0.2, 0.25) is 0 Å². The van der Waals surface area contributed by atoms with Crippen molar-refractivity contribution in [1.29, 1.82) is 0 Å². The number of carbonyl (C=O) groups is 1. The van der Waals surface area contributed by atoms with Gasteiger partial charge in [-0.3, -0.25) is 14.7 Å². The Bertz CT molecular complexity index is 1230. The van der Waals surface area contributed by atoms with Gasteiger partial charge in [0, 0.05) is 12.4 Å². The predicted molar refractivity (Wildman–Crippen MR) is 118 cm³/mol. The maximum Gasteiger partial charge on any atom is 0.273 e. The number of benzene rings is 2. The highest BCUT2D eigenvalue weighted by molar-refractivity contribution is 7.22. The number of anilines is 1. The summed E-state index contributed by atoms with van der Waals surface area (Å²) in [5, 5.41) is 0.590. The van der Waals surface area contributed by atoms with Crippen LogP contribution in [0.1, 0.15) is 5.56 Å². The largest absolute Gasteiger partial charge is 0.497 e. The predicted octanol–water partition coefficient (Wildman–Crippen LogP) is 4.07. The van der Waals surface area contributed by atoms with Crippen LogP contribution in [0.4, 0.5) is 5.13 Å². The lowest BCUT2D eigenvalue weighted by molar-refractivity contribution is -0.127. The summed E-state index contributed by atoms with van der Waals surface area (Å²) in [4.78, 5) is 24.0. The van der Waals surface area contributed by atoms with Gasteiger partial charge in [0.2, 0.25) is 6.10 Å². The minimum atomic E-state index is -0.765. The third kappa shape index (κ3) is 3.89. The van der Waals surface area contributed by atoms with Gasteiger partial charge in [-0.2, -0.15) is 0 Å². The lowest BCUT2D eigenvalue weighted by atomic mass is 10.2. The summed E-state index contributed by atoms with van der Waals surface area (Å²) < 4.78 is 18.0. The first-order valence-electron chi connectivity index (χ1n) is 9.74. The van der Waals surface area contributed by atoms with Gasteiger partial charge in [0.05, 0.1) is 23.9 Å². The Morgan fingerprint density at radius 3 is 2.77 bits per heavy atom. The van der Waals surface area contributed by atoms with Crippen LogP contribution in [-0.4, -0.2) is 35.7 Å². The number of amides is 1. The lowest BCUT2D eigenvalue weighted by Gasteiger charge is -2.29. The number of thiazole rings is 1. The molecule has 3 heterocycles. The molecular weight excluding hydrogens is 414 g/mol. The Balaban J connectivity index is 1.49. The first-order valence-corrected chi connectivity index (χ1v) is 10.6. The molecule has 31 heavy (non-hydrogen) atoms. The minimum Gasteiger partial charge on any atom is -0.497 e. The van der Waals surface area contributed by atoms with Crippen LogP contribution in [0.25, 0.3) is 10.2 Å². The van der Waals surface area contributed by atoms with Crippen molar-refractivity contribution in [3.8, 4) is 17.2 Å². The number of pyridine rings is 1. The van der Waals surface area contributed by atoms with Gasteiger partial charge >= 0.3 is 0 Å². The molecule has 7 nitrogen and oxygen atoms in total. The third-order valence-corrected chi connectivity index (χ3v) is 6.00. The number of fused-ring (bicyclic) bond motifs is 2. The van der Waals surface area contributed by atoms with Gasteiger partial charge in [-0.15, -0.1) is 0 Å². The molecule has 0 radical (unpaired) electrons. The second-order valence-electron chi connectivity index (χ2n) is 6.97. The Labute approximate surface area is 182 Å². The molecule has 1 aliphatic rings. The topological polar surface area (TPSA) is 73.8 Å². The Morgan fingerprint density at radius 1 is 1.16 bits per heavy atom. The van der Waals surface area contributed by atoms with Crippen molar-refractivity contribution in [3.05, 3.63) is 72.6 Å². The van der Waals surface area contributed by atoms with E-state index >= 15 is 0 Å². The molecule has 1 amide bonds. The molecule has 156 valence electrons. The average molecular weight is 433 g/mol. The van der Waals surface area contributed by atoms with Gasteiger partial charge in [0.25, 0.3) is 5.91 Å². The standard InChI is InChI=1S/C23H19N3O4S/c1-28-16-6-7-17-21(12-16)31-23(25-17)26(13-15-8-10-24-11-9-15)22(27)20-14-29-18-4-2-3-5-19(18)30-20/h2-12,20H,13-14H2,1H3.